The molecule has 0 radical (unpaired) electrons. The lowest BCUT2D eigenvalue weighted by Crippen LogP contribution is -2.42. The van der Waals surface area contributed by atoms with Crippen LogP contribution in [0.5, 0.6) is 11.5 Å². The molecule has 7 nitrogen and oxygen atoms in total. The lowest BCUT2D eigenvalue weighted by atomic mass is 9.97. The Morgan fingerprint density at radius 1 is 1.03 bits per heavy atom. The molecule has 34 heavy (non-hydrogen) atoms. The fourth-order valence-corrected chi connectivity index (χ4v) is 5.49. The van der Waals surface area contributed by atoms with Gasteiger partial charge in [0.25, 0.3) is 0 Å². The second-order valence-corrected chi connectivity index (χ2v) is 10.2. The molecule has 0 atom stereocenters. The first-order valence-electron chi connectivity index (χ1n) is 11.0. The van der Waals surface area contributed by atoms with E-state index in [4.69, 9.17) is 9.47 Å². The van der Waals surface area contributed by atoms with Crippen molar-refractivity contribution in [2.75, 3.05) is 26.3 Å². The van der Waals surface area contributed by atoms with Crippen molar-refractivity contribution in [2.24, 2.45) is 5.92 Å². The zero-order valence-corrected chi connectivity index (χ0v) is 19.1. The van der Waals surface area contributed by atoms with Crippen LogP contribution < -0.4 is 14.8 Å². The Morgan fingerprint density at radius 3 is 2.44 bits per heavy atom. The molecular weight excluding hydrogens is 473 g/mol. The molecule has 2 aromatic rings. The number of sulfonamides is 1. The average Bonchev–Trinajstić information content (AvgIpc) is 3.07. The molecule has 1 saturated heterocycles. The van der Waals surface area contributed by atoms with Crippen LogP contribution in [0.1, 0.15) is 30.4 Å². The van der Waals surface area contributed by atoms with E-state index in [0.717, 1.165) is 12.1 Å². The van der Waals surface area contributed by atoms with E-state index in [2.05, 4.69) is 5.32 Å². The van der Waals surface area contributed by atoms with Crippen LogP contribution >= 0.6 is 0 Å². The van der Waals surface area contributed by atoms with Gasteiger partial charge in [-0.25, -0.2) is 8.42 Å². The van der Waals surface area contributed by atoms with Crippen LogP contribution in [0, 0.1) is 5.92 Å². The van der Waals surface area contributed by atoms with Gasteiger partial charge in [0.15, 0.2) is 11.5 Å². The Balaban J connectivity index is 1.34. The first kappa shape index (κ1) is 24.3. The third-order valence-corrected chi connectivity index (χ3v) is 7.80. The predicted molar refractivity (Wildman–Crippen MR) is 117 cm³/mol. The van der Waals surface area contributed by atoms with Gasteiger partial charge >= 0.3 is 6.18 Å². The molecule has 0 spiro atoms. The second kappa shape index (κ2) is 9.83. The highest BCUT2D eigenvalue weighted by molar-refractivity contribution is 7.89. The molecule has 1 amide bonds. The fourth-order valence-electron chi connectivity index (χ4n) is 4.00. The van der Waals surface area contributed by atoms with Gasteiger partial charge in [-0.15, -0.1) is 0 Å². The summed E-state index contributed by atoms with van der Waals surface area (Å²) >= 11 is 0. The number of alkyl halides is 3. The number of nitrogens with zero attached hydrogens (tertiary/aromatic N) is 1. The molecule has 0 unspecified atom stereocenters. The van der Waals surface area contributed by atoms with Gasteiger partial charge in [0, 0.05) is 38.0 Å². The number of fused-ring (bicyclic) bond motifs is 1. The van der Waals surface area contributed by atoms with E-state index >= 15 is 0 Å². The summed E-state index contributed by atoms with van der Waals surface area (Å²) in [5.41, 5.74) is -0.426. The van der Waals surface area contributed by atoms with E-state index in [1.165, 1.54) is 28.6 Å². The molecule has 1 N–H and O–H groups in total. The largest absolute Gasteiger partial charge is 0.490 e. The number of nitrogens with one attached hydrogen (secondary N) is 1. The number of halogens is 3. The van der Waals surface area contributed by atoms with Gasteiger partial charge in [-0.3, -0.25) is 4.79 Å². The van der Waals surface area contributed by atoms with Crippen LogP contribution in [0.2, 0.25) is 0 Å². The summed E-state index contributed by atoms with van der Waals surface area (Å²) in [5.74, 6) is 0.182. The summed E-state index contributed by atoms with van der Waals surface area (Å²) in [6.45, 7) is 1.25. The van der Waals surface area contributed by atoms with Crippen LogP contribution in [-0.2, 0) is 27.5 Å². The average molecular weight is 499 g/mol. The number of carbonyl (C=O) groups excluding carboxylic acids is 1. The number of amides is 1. The molecular formula is C23H25F3N2O5S. The van der Waals surface area contributed by atoms with Crippen molar-refractivity contribution in [2.45, 2.75) is 36.9 Å². The molecule has 2 aliphatic rings. The van der Waals surface area contributed by atoms with Gasteiger partial charge < -0.3 is 14.8 Å². The van der Waals surface area contributed by atoms with Crippen molar-refractivity contribution in [1.82, 2.24) is 9.62 Å². The first-order valence-corrected chi connectivity index (χ1v) is 12.4. The summed E-state index contributed by atoms with van der Waals surface area (Å²) in [6, 6.07) is 9.32. The number of hydrogen-bond donors (Lipinski definition) is 1. The number of benzene rings is 2. The molecule has 0 saturated carbocycles. The van der Waals surface area contributed by atoms with Crippen molar-refractivity contribution < 1.29 is 35.9 Å². The maximum atomic E-state index is 13.1. The topological polar surface area (TPSA) is 84.9 Å². The van der Waals surface area contributed by atoms with Gasteiger partial charge in [0.1, 0.15) is 0 Å². The summed E-state index contributed by atoms with van der Waals surface area (Å²) in [6.07, 6.45) is -3.11. The Labute approximate surface area is 195 Å². The minimum Gasteiger partial charge on any atom is -0.490 e. The molecule has 0 aromatic heterocycles. The Kier molecular flexibility index (Phi) is 7.04. The monoisotopic (exact) mass is 498 g/mol. The van der Waals surface area contributed by atoms with Crippen LogP contribution in [-0.4, -0.2) is 44.9 Å². The molecule has 2 aromatic carbocycles. The maximum Gasteiger partial charge on any atom is 0.416 e. The van der Waals surface area contributed by atoms with Gasteiger partial charge in [-0.2, -0.15) is 17.5 Å². The minimum absolute atomic E-state index is 0.0293. The van der Waals surface area contributed by atoms with Gasteiger partial charge in [0.2, 0.25) is 15.9 Å². The molecule has 2 aliphatic heterocycles. The lowest BCUT2D eigenvalue weighted by Gasteiger charge is -2.30. The standard InChI is InChI=1S/C23H25F3N2O5S/c24-23(25,26)18-4-1-3-16(13-18)15-27-22(29)17-7-9-28(10-8-17)34(30,31)19-5-6-20-21(14-19)33-12-2-11-32-20/h1,3-6,13-14,17H,2,7-12,15H2,(H,27,29). The maximum absolute atomic E-state index is 13.1. The lowest BCUT2D eigenvalue weighted by molar-refractivity contribution is -0.137. The van der Waals surface area contributed by atoms with Crippen LogP contribution in [0.3, 0.4) is 0 Å². The van der Waals surface area contributed by atoms with Crippen LogP contribution in [0.15, 0.2) is 47.4 Å². The highest BCUT2D eigenvalue weighted by Gasteiger charge is 2.33. The van der Waals surface area contributed by atoms with E-state index < -0.39 is 27.7 Å². The zero-order chi connectivity index (χ0) is 24.3. The molecule has 0 bridgehead atoms. The van der Waals surface area contributed by atoms with E-state index in [-0.39, 0.29) is 30.4 Å². The molecule has 11 heteroatoms. The van der Waals surface area contributed by atoms with E-state index in [1.54, 1.807) is 6.07 Å². The summed E-state index contributed by atoms with van der Waals surface area (Å²) in [4.78, 5) is 12.6. The number of carbonyl (C=O) groups is 1. The first-order chi connectivity index (χ1) is 16.1. The van der Waals surface area contributed by atoms with E-state index in [1.807, 2.05) is 0 Å². The fraction of sp³-hybridized carbons (Fsp3) is 0.435. The third kappa shape index (κ3) is 5.47. The normalized spacial score (nSPS) is 17.7. The van der Waals surface area contributed by atoms with E-state index in [9.17, 15) is 26.4 Å². The Morgan fingerprint density at radius 2 is 1.74 bits per heavy atom. The summed E-state index contributed by atoms with van der Waals surface area (Å²) < 4.78 is 77.2. The quantitative estimate of drug-likeness (QED) is 0.681. The second-order valence-electron chi connectivity index (χ2n) is 8.25. The summed E-state index contributed by atoms with van der Waals surface area (Å²) in [5, 5.41) is 2.67. The minimum atomic E-state index is -4.45. The smallest absolute Gasteiger partial charge is 0.416 e. The van der Waals surface area contributed by atoms with Crippen molar-refractivity contribution in [3.63, 3.8) is 0 Å². The molecule has 0 aliphatic carbocycles. The SMILES string of the molecule is O=C(NCc1cccc(C(F)(F)F)c1)C1CCN(S(=O)(=O)c2ccc3c(c2)OCCCO3)CC1. The summed E-state index contributed by atoms with van der Waals surface area (Å²) in [7, 11) is -3.77. The number of piperidine rings is 1. The van der Waals surface area contributed by atoms with Gasteiger partial charge in [-0.05, 0) is 42.7 Å². The Bertz CT molecular complexity index is 1150. The number of ether oxygens (including phenoxy) is 2. The van der Waals surface area contributed by atoms with Crippen LogP contribution in [0.4, 0.5) is 13.2 Å². The van der Waals surface area contributed by atoms with Crippen molar-refractivity contribution in [3.05, 3.63) is 53.6 Å². The molecule has 1 fully saturated rings. The predicted octanol–water partition coefficient (Wildman–Crippen LogP) is 3.58. The van der Waals surface area contributed by atoms with Crippen LogP contribution in [0.25, 0.3) is 0 Å². The number of hydrogen-bond acceptors (Lipinski definition) is 5. The third-order valence-electron chi connectivity index (χ3n) is 5.90. The molecule has 184 valence electrons. The highest BCUT2D eigenvalue weighted by Crippen LogP contribution is 2.34. The number of rotatable bonds is 5. The van der Waals surface area contributed by atoms with Gasteiger partial charge in [-0.1, -0.05) is 12.1 Å². The Hall–Kier alpha value is -2.79. The highest BCUT2D eigenvalue weighted by atomic mass is 32.2. The molecule has 4 rings (SSSR count). The zero-order valence-electron chi connectivity index (χ0n) is 18.3. The van der Waals surface area contributed by atoms with Crippen molar-refractivity contribution >= 4 is 15.9 Å². The van der Waals surface area contributed by atoms with E-state index in [0.29, 0.717) is 49.5 Å². The van der Waals surface area contributed by atoms with Gasteiger partial charge in [0.05, 0.1) is 23.7 Å². The van der Waals surface area contributed by atoms with Crippen molar-refractivity contribution in [3.8, 4) is 11.5 Å². The van der Waals surface area contributed by atoms with Crippen molar-refractivity contribution in [1.29, 1.82) is 0 Å². The molecule has 2 heterocycles.